The normalized spacial score (nSPS) is 28.7. The van der Waals surface area contributed by atoms with Crippen molar-refractivity contribution in [1.29, 1.82) is 0 Å². The topological polar surface area (TPSA) is 55.1 Å². The van der Waals surface area contributed by atoms with E-state index < -0.39 is 5.91 Å². The zero-order chi connectivity index (χ0) is 14.8. The number of halogens is 1. The SMILES string of the molecule is NC(=O)c1cc(NC2CCC3CCCCC3C2)ccc1Cl. The Morgan fingerprint density at radius 1 is 1.14 bits per heavy atom. The number of rotatable bonds is 3. The molecule has 2 fully saturated rings. The number of primary amides is 1. The highest BCUT2D eigenvalue weighted by Gasteiger charge is 2.32. The molecule has 3 rings (SSSR count). The lowest BCUT2D eigenvalue weighted by Gasteiger charge is -2.39. The Bertz CT molecular complexity index is 532. The first-order chi connectivity index (χ1) is 10.1. The first kappa shape index (κ1) is 14.7. The summed E-state index contributed by atoms with van der Waals surface area (Å²) in [6, 6.07) is 5.96. The van der Waals surface area contributed by atoms with Crippen molar-refractivity contribution >= 4 is 23.2 Å². The van der Waals surface area contributed by atoms with Gasteiger partial charge < -0.3 is 11.1 Å². The van der Waals surface area contributed by atoms with E-state index in [0.29, 0.717) is 16.6 Å². The number of hydrogen-bond donors (Lipinski definition) is 2. The Kier molecular flexibility index (Phi) is 4.39. The molecule has 0 bridgehead atoms. The van der Waals surface area contributed by atoms with Gasteiger partial charge in [0.15, 0.2) is 0 Å². The summed E-state index contributed by atoms with van der Waals surface area (Å²) in [5.74, 6) is 1.36. The van der Waals surface area contributed by atoms with Crippen LogP contribution in [-0.4, -0.2) is 11.9 Å². The lowest BCUT2D eigenvalue weighted by molar-refractivity contribution is 0.100. The number of benzene rings is 1. The maximum atomic E-state index is 11.4. The predicted octanol–water partition coefficient (Wildman–Crippen LogP) is 4.21. The van der Waals surface area contributed by atoms with Gasteiger partial charge in [-0.3, -0.25) is 4.79 Å². The quantitative estimate of drug-likeness (QED) is 0.879. The molecule has 2 aliphatic rings. The molecule has 0 saturated heterocycles. The summed E-state index contributed by atoms with van der Waals surface area (Å²) in [7, 11) is 0. The molecule has 0 heterocycles. The van der Waals surface area contributed by atoms with Gasteiger partial charge in [-0.25, -0.2) is 0 Å². The summed E-state index contributed by atoms with van der Waals surface area (Å²) in [5.41, 5.74) is 6.70. The van der Waals surface area contributed by atoms with Crippen molar-refractivity contribution in [3.63, 3.8) is 0 Å². The zero-order valence-corrected chi connectivity index (χ0v) is 13.0. The number of amides is 1. The van der Waals surface area contributed by atoms with Crippen LogP contribution < -0.4 is 11.1 Å². The second-order valence-corrected chi connectivity index (χ2v) is 6.93. The van der Waals surface area contributed by atoms with Crippen molar-refractivity contribution in [3.8, 4) is 0 Å². The summed E-state index contributed by atoms with van der Waals surface area (Å²) in [4.78, 5) is 11.4. The first-order valence-corrected chi connectivity index (χ1v) is 8.37. The van der Waals surface area contributed by atoms with Gasteiger partial charge in [0.25, 0.3) is 0 Å². The molecule has 1 aromatic carbocycles. The predicted molar refractivity (Wildman–Crippen MR) is 86.7 cm³/mol. The number of nitrogens with two attached hydrogens (primary N) is 1. The van der Waals surface area contributed by atoms with Gasteiger partial charge in [-0.05, 0) is 49.3 Å². The highest BCUT2D eigenvalue weighted by molar-refractivity contribution is 6.33. The second-order valence-electron chi connectivity index (χ2n) is 6.52. The van der Waals surface area contributed by atoms with E-state index in [1.807, 2.05) is 6.07 Å². The van der Waals surface area contributed by atoms with E-state index in [1.165, 1.54) is 44.9 Å². The Hall–Kier alpha value is -1.22. The molecule has 114 valence electrons. The Balaban J connectivity index is 1.66. The maximum absolute atomic E-state index is 11.4. The van der Waals surface area contributed by atoms with E-state index in [-0.39, 0.29) is 0 Å². The van der Waals surface area contributed by atoms with E-state index in [2.05, 4.69) is 5.32 Å². The highest BCUT2D eigenvalue weighted by Crippen LogP contribution is 2.41. The van der Waals surface area contributed by atoms with Crippen LogP contribution in [0.1, 0.15) is 55.3 Å². The number of nitrogens with one attached hydrogen (secondary N) is 1. The summed E-state index contributed by atoms with van der Waals surface area (Å²) < 4.78 is 0. The Labute approximate surface area is 131 Å². The first-order valence-electron chi connectivity index (χ1n) is 7.99. The standard InChI is InChI=1S/C17H23ClN2O/c18-16-8-7-14(10-15(16)17(19)21)20-13-6-5-11-3-1-2-4-12(11)9-13/h7-8,10-13,20H,1-6,9H2,(H2,19,21). The number of hydrogen-bond acceptors (Lipinski definition) is 2. The molecule has 3 nitrogen and oxygen atoms in total. The molecular weight excluding hydrogens is 284 g/mol. The minimum atomic E-state index is -0.473. The average molecular weight is 307 g/mol. The van der Waals surface area contributed by atoms with Gasteiger partial charge in [-0.15, -0.1) is 0 Å². The molecule has 4 heteroatoms. The fourth-order valence-corrected chi connectivity index (χ4v) is 4.25. The molecule has 1 amide bonds. The van der Waals surface area contributed by atoms with Gasteiger partial charge >= 0.3 is 0 Å². The van der Waals surface area contributed by atoms with Crippen LogP contribution in [0.25, 0.3) is 0 Å². The van der Waals surface area contributed by atoms with Crippen LogP contribution in [0.2, 0.25) is 5.02 Å². The minimum absolute atomic E-state index is 0.396. The second kappa shape index (κ2) is 6.27. The van der Waals surface area contributed by atoms with Crippen LogP contribution in [0.4, 0.5) is 5.69 Å². The summed E-state index contributed by atoms with van der Waals surface area (Å²) in [6.07, 6.45) is 9.41. The van der Waals surface area contributed by atoms with Crippen molar-refractivity contribution < 1.29 is 4.79 Å². The van der Waals surface area contributed by atoms with Crippen molar-refractivity contribution in [1.82, 2.24) is 0 Å². The van der Waals surface area contributed by atoms with E-state index >= 15 is 0 Å². The number of carbonyl (C=O) groups excluding carboxylic acids is 1. The van der Waals surface area contributed by atoms with Gasteiger partial charge in [-0.2, -0.15) is 0 Å². The fraction of sp³-hybridized carbons (Fsp3) is 0.588. The third-order valence-corrected chi connectivity index (χ3v) is 5.47. The van der Waals surface area contributed by atoms with Crippen LogP contribution in [-0.2, 0) is 0 Å². The van der Waals surface area contributed by atoms with Gasteiger partial charge in [0, 0.05) is 11.7 Å². The van der Waals surface area contributed by atoms with Crippen molar-refractivity contribution in [2.75, 3.05) is 5.32 Å². The summed E-state index contributed by atoms with van der Waals surface area (Å²) >= 11 is 6.00. The fourth-order valence-electron chi connectivity index (χ4n) is 4.04. The smallest absolute Gasteiger partial charge is 0.250 e. The molecule has 3 unspecified atom stereocenters. The maximum Gasteiger partial charge on any atom is 0.250 e. The molecule has 0 aliphatic heterocycles. The van der Waals surface area contributed by atoms with Gasteiger partial charge in [0.2, 0.25) is 5.91 Å². The monoisotopic (exact) mass is 306 g/mol. The molecule has 0 spiro atoms. The number of fused-ring (bicyclic) bond motifs is 1. The third kappa shape index (κ3) is 3.34. The lowest BCUT2D eigenvalue weighted by atomic mass is 9.69. The molecule has 0 radical (unpaired) electrons. The van der Waals surface area contributed by atoms with Crippen molar-refractivity contribution in [2.24, 2.45) is 17.6 Å². The van der Waals surface area contributed by atoms with Crippen LogP contribution in [0, 0.1) is 11.8 Å². The zero-order valence-electron chi connectivity index (χ0n) is 12.3. The van der Waals surface area contributed by atoms with Crippen LogP contribution in [0.5, 0.6) is 0 Å². The lowest BCUT2D eigenvalue weighted by Crippen LogP contribution is -2.34. The van der Waals surface area contributed by atoms with Crippen molar-refractivity contribution in [2.45, 2.75) is 51.0 Å². The summed E-state index contributed by atoms with van der Waals surface area (Å²) in [5, 5.41) is 3.99. The van der Waals surface area contributed by atoms with Crippen LogP contribution >= 0.6 is 11.6 Å². The molecule has 0 aromatic heterocycles. The van der Waals surface area contributed by atoms with Gasteiger partial charge in [0.05, 0.1) is 10.6 Å². The molecule has 2 saturated carbocycles. The van der Waals surface area contributed by atoms with Gasteiger partial charge in [-0.1, -0.05) is 37.3 Å². The Morgan fingerprint density at radius 2 is 1.90 bits per heavy atom. The van der Waals surface area contributed by atoms with E-state index in [1.54, 1.807) is 12.1 Å². The highest BCUT2D eigenvalue weighted by atomic mass is 35.5. The van der Waals surface area contributed by atoms with Crippen LogP contribution in [0.3, 0.4) is 0 Å². The van der Waals surface area contributed by atoms with E-state index in [4.69, 9.17) is 17.3 Å². The number of carbonyl (C=O) groups is 1. The van der Waals surface area contributed by atoms with Gasteiger partial charge in [0.1, 0.15) is 0 Å². The largest absolute Gasteiger partial charge is 0.382 e. The molecule has 2 aliphatic carbocycles. The molecule has 3 N–H and O–H groups in total. The minimum Gasteiger partial charge on any atom is -0.382 e. The van der Waals surface area contributed by atoms with Crippen molar-refractivity contribution in [3.05, 3.63) is 28.8 Å². The third-order valence-electron chi connectivity index (χ3n) is 5.14. The molecule has 21 heavy (non-hydrogen) atoms. The van der Waals surface area contributed by atoms with Crippen LogP contribution in [0.15, 0.2) is 18.2 Å². The molecular formula is C17H23ClN2O. The van der Waals surface area contributed by atoms with E-state index in [9.17, 15) is 4.79 Å². The van der Waals surface area contributed by atoms with E-state index in [0.717, 1.165) is 17.5 Å². The molecule has 1 aromatic rings. The Morgan fingerprint density at radius 3 is 2.67 bits per heavy atom. The summed E-state index contributed by atoms with van der Waals surface area (Å²) in [6.45, 7) is 0. The average Bonchev–Trinajstić information content (AvgIpc) is 2.49. The molecule has 3 atom stereocenters. The number of anilines is 1.